The molecule has 0 heterocycles. The lowest BCUT2D eigenvalue weighted by molar-refractivity contribution is -0.167. The third kappa shape index (κ3) is 47.1. The van der Waals surface area contributed by atoms with Crippen molar-refractivity contribution in [3.63, 3.8) is 0 Å². The Bertz CT molecular complexity index is 916. The first-order valence-corrected chi connectivity index (χ1v) is 26.2. The highest BCUT2D eigenvalue weighted by molar-refractivity contribution is 5.71. The largest absolute Gasteiger partial charge is 0.462 e. The lowest BCUT2D eigenvalue weighted by Gasteiger charge is -2.18. The molecule has 0 rings (SSSR count). The van der Waals surface area contributed by atoms with Crippen LogP contribution in [0.1, 0.15) is 290 Å². The van der Waals surface area contributed by atoms with Crippen molar-refractivity contribution in [1.29, 1.82) is 0 Å². The quantitative estimate of drug-likeness (QED) is 0.0263. The van der Waals surface area contributed by atoms with Gasteiger partial charge in [-0.3, -0.25) is 14.4 Å². The minimum Gasteiger partial charge on any atom is -0.462 e. The number of esters is 3. The molecule has 1 unspecified atom stereocenters. The van der Waals surface area contributed by atoms with Gasteiger partial charge in [0.1, 0.15) is 13.2 Å². The van der Waals surface area contributed by atoms with Gasteiger partial charge in [0.15, 0.2) is 6.10 Å². The van der Waals surface area contributed by atoms with Crippen LogP contribution in [0.4, 0.5) is 0 Å². The molecule has 6 nitrogen and oxygen atoms in total. The standard InChI is InChI=1S/C53H100O6/c1-4-7-10-13-16-18-20-22-24-26-28-30-32-34-37-40-43-46-52(55)58-49-50(48-57-51(54)45-42-39-36-15-12-9-6-3)59-53(56)47-44-41-38-35-33-31-29-27-25-23-21-19-17-14-11-8-5-2/h22,24,50H,4-21,23,25-49H2,1-3H3/b24-22-. The van der Waals surface area contributed by atoms with Crippen LogP contribution in [0, 0.1) is 0 Å². The van der Waals surface area contributed by atoms with Crippen LogP contribution in [0.15, 0.2) is 12.2 Å². The number of hydrogen-bond acceptors (Lipinski definition) is 6. The second kappa shape index (κ2) is 48.8. The highest BCUT2D eigenvalue weighted by atomic mass is 16.6. The number of carbonyl (C=O) groups excluding carboxylic acids is 3. The van der Waals surface area contributed by atoms with Crippen molar-refractivity contribution in [2.45, 2.75) is 297 Å². The van der Waals surface area contributed by atoms with Gasteiger partial charge in [0.25, 0.3) is 0 Å². The first-order chi connectivity index (χ1) is 29.0. The molecule has 0 aromatic rings. The zero-order valence-electron chi connectivity index (χ0n) is 39.8. The second-order valence-corrected chi connectivity index (χ2v) is 17.8. The molecular formula is C53H100O6. The lowest BCUT2D eigenvalue weighted by atomic mass is 10.0. The summed E-state index contributed by atoms with van der Waals surface area (Å²) in [4.78, 5) is 37.8. The van der Waals surface area contributed by atoms with E-state index in [1.807, 2.05) is 0 Å². The first kappa shape index (κ1) is 57.1. The molecule has 0 aliphatic rings. The summed E-state index contributed by atoms with van der Waals surface area (Å²) in [5.74, 6) is -0.861. The van der Waals surface area contributed by atoms with Gasteiger partial charge in [-0.2, -0.15) is 0 Å². The lowest BCUT2D eigenvalue weighted by Crippen LogP contribution is -2.30. The summed E-state index contributed by atoms with van der Waals surface area (Å²) in [7, 11) is 0. The van der Waals surface area contributed by atoms with Crippen molar-refractivity contribution < 1.29 is 28.6 Å². The van der Waals surface area contributed by atoms with Gasteiger partial charge in [-0.05, 0) is 44.9 Å². The molecule has 0 radical (unpaired) electrons. The number of rotatable bonds is 48. The van der Waals surface area contributed by atoms with Crippen molar-refractivity contribution in [1.82, 2.24) is 0 Å². The van der Waals surface area contributed by atoms with Crippen molar-refractivity contribution in [3.05, 3.63) is 12.2 Å². The van der Waals surface area contributed by atoms with Crippen LogP contribution in [0.25, 0.3) is 0 Å². The summed E-state index contributed by atoms with van der Waals surface area (Å²) in [6.45, 7) is 6.63. The van der Waals surface area contributed by atoms with Crippen LogP contribution >= 0.6 is 0 Å². The van der Waals surface area contributed by atoms with E-state index in [0.29, 0.717) is 19.3 Å². The van der Waals surface area contributed by atoms with Crippen LogP contribution in [0.3, 0.4) is 0 Å². The molecule has 6 heteroatoms. The summed E-state index contributed by atoms with van der Waals surface area (Å²) < 4.78 is 16.7. The van der Waals surface area contributed by atoms with Gasteiger partial charge in [-0.1, -0.05) is 238 Å². The molecule has 0 saturated heterocycles. The second-order valence-electron chi connectivity index (χ2n) is 17.8. The maximum Gasteiger partial charge on any atom is 0.306 e. The van der Waals surface area contributed by atoms with Gasteiger partial charge in [0.2, 0.25) is 0 Å². The summed E-state index contributed by atoms with van der Waals surface area (Å²) >= 11 is 0. The Morgan fingerprint density at radius 3 is 0.847 bits per heavy atom. The monoisotopic (exact) mass is 833 g/mol. The van der Waals surface area contributed by atoms with E-state index >= 15 is 0 Å². The maximum atomic E-state index is 12.8. The molecule has 0 N–H and O–H groups in total. The summed E-state index contributed by atoms with van der Waals surface area (Å²) in [6, 6.07) is 0. The molecule has 1 atom stereocenters. The van der Waals surface area contributed by atoms with E-state index in [9.17, 15) is 14.4 Å². The molecule has 0 aliphatic heterocycles. The van der Waals surface area contributed by atoms with Crippen molar-refractivity contribution in [2.24, 2.45) is 0 Å². The van der Waals surface area contributed by atoms with E-state index in [1.165, 1.54) is 193 Å². The smallest absolute Gasteiger partial charge is 0.306 e. The Hall–Kier alpha value is -1.85. The third-order valence-corrected chi connectivity index (χ3v) is 11.8. The first-order valence-electron chi connectivity index (χ1n) is 26.2. The summed E-state index contributed by atoms with van der Waals surface area (Å²) in [6.07, 6.45) is 53.5. The zero-order chi connectivity index (χ0) is 43.0. The van der Waals surface area contributed by atoms with Crippen molar-refractivity contribution in [3.8, 4) is 0 Å². The predicted molar refractivity (Wildman–Crippen MR) is 252 cm³/mol. The van der Waals surface area contributed by atoms with Crippen molar-refractivity contribution in [2.75, 3.05) is 13.2 Å². The van der Waals surface area contributed by atoms with Gasteiger partial charge < -0.3 is 14.2 Å². The number of unbranched alkanes of at least 4 members (excludes halogenated alkanes) is 35. The molecule has 0 amide bonds. The van der Waals surface area contributed by atoms with Gasteiger partial charge in [-0.15, -0.1) is 0 Å². The fourth-order valence-corrected chi connectivity index (χ4v) is 7.79. The van der Waals surface area contributed by atoms with E-state index in [4.69, 9.17) is 14.2 Å². The molecule has 0 aromatic heterocycles. The minimum absolute atomic E-state index is 0.0671. The van der Waals surface area contributed by atoms with E-state index in [-0.39, 0.29) is 31.1 Å². The third-order valence-electron chi connectivity index (χ3n) is 11.8. The highest BCUT2D eigenvalue weighted by Crippen LogP contribution is 2.16. The average molecular weight is 833 g/mol. The molecule has 0 aromatic carbocycles. The van der Waals surface area contributed by atoms with E-state index in [1.54, 1.807) is 0 Å². The molecule has 0 fully saturated rings. The molecule has 0 saturated carbocycles. The Kier molecular flexibility index (Phi) is 47.3. The summed E-state index contributed by atoms with van der Waals surface area (Å²) in [5, 5.41) is 0. The predicted octanol–water partition coefficient (Wildman–Crippen LogP) is 17.0. The normalized spacial score (nSPS) is 12.0. The number of carbonyl (C=O) groups is 3. The van der Waals surface area contributed by atoms with E-state index < -0.39 is 6.10 Å². The topological polar surface area (TPSA) is 78.9 Å². The Morgan fingerprint density at radius 2 is 0.559 bits per heavy atom. The average Bonchev–Trinajstić information content (AvgIpc) is 3.23. The van der Waals surface area contributed by atoms with E-state index in [2.05, 4.69) is 32.9 Å². The Labute approximate surface area is 367 Å². The van der Waals surface area contributed by atoms with Crippen molar-refractivity contribution >= 4 is 17.9 Å². The minimum atomic E-state index is -0.763. The molecule has 0 bridgehead atoms. The number of allylic oxidation sites excluding steroid dienone is 2. The van der Waals surface area contributed by atoms with Gasteiger partial charge in [0, 0.05) is 19.3 Å². The fourth-order valence-electron chi connectivity index (χ4n) is 7.79. The van der Waals surface area contributed by atoms with Crippen LogP contribution in [0.2, 0.25) is 0 Å². The highest BCUT2D eigenvalue weighted by Gasteiger charge is 2.19. The molecule has 348 valence electrons. The van der Waals surface area contributed by atoms with Gasteiger partial charge >= 0.3 is 17.9 Å². The fraction of sp³-hybridized carbons (Fsp3) is 0.906. The molecular weight excluding hydrogens is 733 g/mol. The SMILES string of the molecule is CCCCCCCC/C=C\CCCCCCCCCC(=O)OCC(COC(=O)CCCCCCCCC)OC(=O)CCCCCCCCCCCCCCCCCCC. The number of ether oxygens (including phenoxy) is 3. The zero-order valence-corrected chi connectivity index (χ0v) is 39.8. The number of hydrogen-bond donors (Lipinski definition) is 0. The van der Waals surface area contributed by atoms with Crippen LogP contribution in [-0.4, -0.2) is 37.2 Å². The molecule has 59 heavy (non-hydrogen) atoms. The van der Waals surface area contributed by atoms with Crippen LogP contribution in [-0.2, 0) is 28.6 Å². The molecule has 0 aliphatic carbocycles. The Balaban J connectivity index is 4.21. The van der Waals surface area contributed by atoms with Gasteiger partial charge in [-0.25, -0.2) is 0 Å². The maximum absolute atomic E-state index is 12.8. The van der Waals surface area contributed by atoms with Crippen LogP contribution in [0.5, 0.6) is 0 Å². The van der Waals surface area contributed by atoms with Gasteiger partial charge in [0.05, 0.1) is 0 Å². The molecule has 0 spiro atoms. The summed E-state index contributed by atoms with van der Waals surface area (Å²) in [5.41, 5.74) is 0. The Morgan fingerprint density at radius 1 is 0.322 bits per heavy atom. The van der Waals surface area contributed by atoms with Crippen LogP contribution < -0.4 is 0 Å². The van der Waals surface area contributed by atoms with E-state index in [0.717, 1.165) is 57.8 Å².